The van der Waals surface area contributed by atoms with E-state index in [1.807, 2.05) is 0 Å². The second kappa shape index (κ2) is 14.2. The first-order chi connectivity index (χ1) is 19.4. The van der Waals surface area contributed by atoms with Crippen LogP contribution in [0.1, 0.15) is 51.6 Å². The Labute approximate surface area is 247 Å². The fourth-order valence-electron chi connectivity index (χ4n) is 4.55. The molecule has 0 aromatic heterocycles. The third kappa shape index (κ3) is 7.47. The molecule has 0 spiro atoms. The lowest BCUT2D eigenvalue weighted by atomic mass is 9.84. The second-order valence-electron chi connectivity index (χ2n) is 9.47. The summed E-state index contributed by atoms with van der Waals surface area (Å²) in [6.07, 6.45) is 0.0214. The lowest BCUT2D eigenvalue weighted by molar-refractivity contribution is -0.165. The number of aliphatic carboxylic acids is 1. The number of nitrogens with zero attached hydrogens (tertiary/aromatic N) is 2. The molecule has 224 valence electrons. The average Bonchev–Trinajstić information content (AvgIpc) is 2.93. The van der Waals surface area contributed by atoms with Gasteiger partial charge in [-0.25, -0.2) is 0 Å². The van der Waals surface area contributed by atoms with E-state index in [0.717, 1.165) is 4.90 Å². The van der Waals surface area contributed by atoms with Crippen molar-refractivity contribution in [3.8, 4) is 0 Å². The molecule has 1 fully saturated rings. The zero-order valence-electron chi connectivity index (χ0n) is 22.8. The number of amides is 3. The van der Waals surface area contributed by atoms with E-state index in [2.05, 4.69) is 10.7 Å². The van der Waals surface area contributed by atoms with Crippen LogP contribution in [-0.2, 0) is 14.4 Å². The maximum atomic E-state index is 13.6. The number of carbonyl (C=O) groups is 5. The smallest absolute Gasteiger partial charge is 0.323 e. The summed E-state index contributed by atoms with van der Waals surface area (Å²) in [6.45, 7) is 0.581. The number of carboxylic acid groups (broad SMARTS) is 1. The van der Waals surface area contributed by atoms with Gasteiger partial charge in [-0.3, -0.25) is 40.2 Å². The normalized spacial score (nSPS) is 16.6. The van der Waals surface area contributed by atoms with Gasteiger partial charge in [0.25, 0.3) is 17.7 Å². The standard InChI is InChI=1S/C27H32N8O6.ClH/c1-16(36)27(11-2-12-32-24(39)19-7-3-17(4-8-19)22(28)29)26(41)34(15-21(37)38)13-14-35(27)33-25(40)20-9-5-18(6-10-20)23(30)31;/h3-10H,2,11-15H2,1H3,(H3,28,29)(H3,30,31)(H,32,39)(H,33,40)(H,37,38);1H/t27-;/m0./s1. The summed E-state index contributed by atoms with van der Waals surface area (Å²) >= 11 is 0. The zero-order chi connectivity index (χ0) is 30.3. The van der Waals surface area contributed by atoms with E-state index in [9.17, 15) is 29.1 Å². The van der Waals surface area contributed by atoms with Gasteiger partial charge in [0.15, 0.2) is 11.3 Å². The SMILES string of the molecule is CC(=O)[C@@]1(CCCNC(=O)c2ccc(C(=N)N)cc2)C(=O)N(CC(=O)O)CCN1NC(=O)c1ccc(C(=N)N)cc1.Cl. The highest BCUT2D eigenvalue weighted by molar-refractivity contribution is 6.11. The average molecular weight is 601 g/mol. The minimum Gasteiger partial charge on any atom is -0.480 e. The number of benzene rings is 2. The Kier molecular flexibility index (Phi) is 11.3. The number of amidine groups is 2. The van der Waals surface area contributed by atoms with Crippen molar-refractivity contribution in [2.45, 2.75) is 25.3 Å². The number of Topliss-reactive ketones (excluding diaryl/α,β-unsaturated/α-hetero) is 1. The minimum absolute atomic E-state index is 0. The molecule has 1 saturated heterocycles. The first-order valence-corrected chi connectivity index (χ1v) is 12.6. The third-order valence-corrected chi connectivity index (χ3v) is 6.76. The molecule has 0 bridgehead atoms. The van der Waals surface area contributed by atoms with E-state index in [-0.39, 0.29) is 62.1 Å². The van der Waals surface area contributed by atoms with Crippen molar-refractivity contribution in [2.75, 3.05) is 26.2 Å². The Morgan fingerprint density at radius 3 is 1.81 bits per heavy atom. The van der Waals surface area contributed by atoms with Gasteiger partial charge < -0.3 is 26.8 Å². The van der Waals surface area contributed by atoms with Gasteiger partial charge in [-0.2, -0.15) is 5.01 Å². The maximum Gasteiger partial charge on any atom is 0.323 e. The number of nitrogens with two attached hydrogens (primary N) is 2. The first kappa shape index (κ1) is 33.4. The van der Waals surface area contributed by atoms with E-state index >= 15 is 0 Å². The van der Waals surface area contributed by atoms with Crippen LogP contribution >= 0.6 is 12.4 Å². The number of hydrazine groups is 1. The van der Waals surface area contributed by atoms with Crippen molar-refractivity contribution in [3.05, 3.63) is 70.8 Å². The molecular formula is C27H33ClN8O6. The van der Waals surface area contributed by atoms with Gasteiger partial charge in [-0.1, -0.05) is 24.3 Å². The van der Waals surface area contributed by atoms with Crippen LogP contribution < -0.4 is 22.2 Å². The quantitative estimate of drug-likeness (QED) is 0.0755. The summed E-state index contributed by atoms with van der Waals surface area (Å²) in [4.78, 5) is 64.8. The molecule has 3 rings (SSSR count). The van der Waals surface area contributed by atoms with Gasteiger partial charge in [0.1, 0.15) is 18.2 Å². The molecule has 0 unspecified atom stereocenters. The molecule has 9 N–H and O–H groups in total. The van der Waals surface area contributed by atoms with Gasteiger partial charge in [0.05, 0.1) is 0 Å². The van der Waals surface area contributed by atoms with Crippen LogP contribution in [0.5, 0.6) is 0 Å². The fourth-order valence-corrected chi connectivity index (χ4v) is 4.55. The van der Waals surface area contributed by atoms with Crippen LogP contribution in [0.25, 0.3) is 0 Å². The van der Waals surface area contributed by atoms with E-state index in [0.29, 0.717) is 16.7 Å². The number of ketones is 1. The predicted molar refractivity (Wildman–Crippen MR) is 156 cm³/mol. The number of halogens is 1. The Bertz CT molecular complexity index is 1380. The highest BCUT2D eigenvalue weighted by atomic mass is 35.5. The number of piperazine rings is 1. The van der Waals surface area contributed by atoms with Crippen LogP contribution in [0.2, 0.25) is 0 Å². The van der Waals surface area contributed by atoms with Crippen LogP contribution in [0, 0.1) is 10.8 Å². The fraction of sp³-hybridized carbons (Fsp3) is 0.296. The molecule has 14 nitrogen and oxygen atoms in total. The molecule has 1 atom stereocenters. The van der Waals surface area contributed by atoms with Gasteiger partial charge in [-0.15, -0.1) is 12.4 Å². The van der Waals surface area contributed by atoms with Crippen LogP contribution in [0.4, 0.5) is 0 Å². The summed E-state index contributed by atoms with van der Waals surface area (Å²) in [6, 6.07) is 12.0. The lowest BCUT2D eigenvalue weighted by Gasteiger charge is -2.47. The Hall–Kier alpha value is -4.82. The van der Waals surface area contributed by atoms with Crippen molar-refractivity contribution in [1.29, 1.82) is 10.8 Å². The summed E-state index contributed by atoms with van der Waals surface area (Å²) in [5.41, 5.74) is 13.0. The van der Waals surface area contributed by atoms with E-state index in [1.165, 1.54) is 60.5 Å². The lowest BCUT2D eigenvalue weighted by Crippen LogP contribution is -2.73. The van der Waals surface area contributed by atoms with E-state index in [1.54, 1.807) is 0 Å². The molecule has 0 aliphatic carbocycles. The molecule has 0 saturated carbocycles. The molecule has 0 radical (unpaired) electrons. The van der Waals surface area contributed by atoms with Gasteiger partial charge in [0, 0.05) is 41.9 Å². The van der Waals surface area contributed by atoms with Crippen molar-refractivity contribution in [3.63, 3.8) is 0 Å². The molecule has 2 aromatic rings. The number of nitrogens with one attached hydrogen (secondary N) is 4. The molecule has 15 heteroatoms. The van der Waals surface area contributed by atoms with Gasteiger partial charge >= 0.3 is 5.97 Å². The molecule has 1 heterocycles. The topological polar surface area (TPSA) is 236 Å². The Balaban J connectivity index is 0.00000616. The second-order valence-corrected chi connectivity index (χ2v) is 9.47. The molecule has 42 heavy (non-hydrogen) atoms. The van der Waals surface area contributed by atoms with Crippen molar-refractivity contribution in [2.24, 2.45) is 11.5 Å². The largest absolute Gasteiger partial charge is 0.480 e. The zero-order valence-corrected chi connectivity index (χ0v) is 23.6. The first-order valence-electron chi connectivity index (χ1n) is 12.6. The number of hydrogen-bond donors (Lipinski definition) is 7. The number of nitrogen functional groups attached to an aromatic ring is 2. The maximum absolute atomic E-state index is 13.6. The predicted octanol–water partition coefficient (Wildman–Crippen LogP) is 0.0881. The van der Waals surface area contributed by atoms with Gasteiger partial charge in [0.2, 0.25) is 0 Å². The number of carboxylic acids is 1. The van der Waals surface area contributed by atoms with Crippen molar-refractivity contribution >= 4 is 53.6 Å². The van der Waals surface area contributed by atoms with Gasteiger partial charge in [-0.05, 0) is 44.0 Å². The summed E-state index contributed by atoms with van der Waals surface area (Å²) in [7, 11) is 0. The molecule has 1 aliphatic rings. The Morgan fingerprint density at radius 1 is 0.881 bits per heavy atom. The van der Waals surface area contributed by atoms with Crippen LogP contribution in [-0.4, -0.2) is 87.9 Å². The van der Waals surface area contributed by atoms with Crippen LogP contribution in [0.3, 0.4) is 0 Å². The van der Waals surface area contributed by atoms with Crippen LogP contribution in [0.15, 0.2) is 48.5 Å². The minimum atomic E-state index is -1.91. The van der Waals surface area contributed by atoms with Crippen molar-refractivity contribution in [1.82, 2.24) is 20.7 Å². The Morgan fingerprint density at radius 2 is 1.36 bits per heavy atom. The highest BCUT2D eigenvalue weighted by Gasteiger charge is 2.53. The monoisotopic (exact) mass is 600 g/mol. The third-order valence-electron chi connectivity index (χ3n) is 6.76. The molecular weight excluding hydrogens is 568 g/mol. The number of carbonyl (C=O) groups excluding carboxylic acids is 4. The summed E-state index contributed by atoms with van der Waals surface area (Å²) in [5.74, 6) is -3.96. The number of rotatable bonds is 12. The molecule has 3 amide bonds. The highest BCUT2D eigenvalue weighted by Crippen LogP contribution is 2.28. The summed E-state index contributed by atoms with van der Waals surface area (Å²) in [5, 5.41) is 28.2. The molecule has 2 aromatic carbocycles. The molecule has 1 aliphatic heterocycles. The van der Waals surface area contributed by atoms with Crippen molar-refractivity contribution < 1.29 is 29.1 Å². The number of hydrogen-bond acceptors (Lipinski definition) is 8. The van der Waals surface area contributed by atoms with E-state index < -0.39 is 41.6 Å². The van der Waals surface area contributed by atoms with E-state index in [4.69, 9.17) is 22.3 Å². The summed E-state index contributed by atoms with van der Waals surface area (Å²) < 4.78 is 0.